The highest BCUT2D eigenvalue weighted by Gasteiger charge is 2.22. The van der Waals surface area contributed by atoms with Crippen molar-refractivity contribution >= 4 is 5.91 Å². The quantitative estimate of drug-likeness (QED) is 0.903. The fourth-order valence-corrected chi connectivity index (χ4v) is 2.34. The lowest BCUT2D eigenvalue weighted by molar-refractivity contribution is 0.0694. The number of nitrogens with zero attached hydrogens (tertiary/aromatic N) is 2. The van der Waals surface area contributed by atoms with Crippen LogP contribution in [0.2, 0.25) is 0 Å². The summed E-state index contributed by atoms with van der Waals surface area (Å²) in [6, 6.07) is 9.70. The summed E-state index contributed by atoms with van der Waals surface area (Å²) in [6.45, 7) is 5.09. The number of hydrogen-bond donors (Lipinski definition) is 1. The van der Waals surface area contributed by atoms with Gasteiger partial charge in [-0.3, -0.25) is 4.79 Å². The lowest BCUT2D eigenvalue weighted by Gasteiger charge is -2.26. The Morgan fingerprint density at radius 1 is 1.30 bits per heavy atom. The van der Waals surface area contributed by atoms with E-state index in [-0.39, 0.29) is 5.91 Å². The molecule has 5 heteroatoms. The standard InChI is InChI=1S/C15H17N3O2/c1-11-3-2-4-12(9-11)13-10-14(20-17-13)15(19)18-7-5-16-6-8-18/h2-4,9-10,16H,5-8H2,1H3. The van der Waals surface area contributed by atoms with Crippen LogP contribution in [0.15, 0.2) is 34.9 Å². The predicted octanol–water partition coefficient (Wildman–Crippen LogP) is 1.70. The summed E-state index contributed by atoms with van der Waals surface area (Å²) in [4.78, 5) is 14.1. The Morgan fingerprint density at radius 3 is 2.85 bits per heavy atom. The van der Waals surface area contributed by atoms with Gasteiger partial charge in [0.25, 0.3) is 5.91 Å². The zero-order valence-electron chi connectivity index (χ0n) is 11.4. The molecule has 3 rings (SSSR count). The van der Waals surface area contributed by atoms with Gasteiger partial charge in [0.05, 0.1) is 0 Å². The number of piperazine rings is 1. The summed E-state index contributed by atoms with van der Waals surface area (Å²) in [7, 11) is 0. The molecule has 2 heterocycles. The highest BCUT2D eigenvalue weighted by Crippen LogP contribution is 2.21. The van der Waals surface area contributed by atoms with E-state index in [1.165, 1.54) is 0 Å². The molecule has 1 amide bonds. The van der Waals surface area contributed by atoms with Gasteiger partial charge in [-0.25, -0.2) is 0 Å². The number of rotatable bonds is 2. The predicted molar refractivity (Wildman–Crippen MR) is 75.4 cm³/mol. The fraction of sp³-hybridized carbons (Fsp3) is 0.333. The van der Waals surface area contributed by atoms with E-state index in [1.54, 1.807) is 11.0 Å². The van der Waals surface area contributed by atoms with Crippen molar-refractivity contribution in [2.45, 2.75) is 6.92 Å². The van der Waals surface area contributed by atoms with Crippen LogP contribution in [0.3, 0.4) is 0 Å². The van der Waals surface area contributed by atoms with Gasteiger partial charge >= 0.3 is 0 Å². The number of aryl methyl sites for hydroxylation is 1. The van der Waals surface area contributed by atoms with Crippen LogP contribution in [0.25, 0.3) is 11.3 Å². The fourth-order valence-electron chi connectivity index (χ4n) is 2.34. The molecule has 104 valence electrons. The number of hydrogen-bond acceptors (Lipinski definition) is 4. The van der Waals surface area contributed by atoms with Gasteiger partial charge < -0.3 is 14.7 Å². The first-order valence-electron chi connectivity index (χ1n) is 6.78. The molecule has 20 heavy (non-hydrogen) atoms. The van der Waals surface area contributed by atoms with Crippen LogP contribution in [0.5, 0.6) is 0 Å². The molecular formula is C15H17N3O2. The van der Waals surface area contributed by atoms with Crippen LogP contribution in [-0.2, 0) is 0 Å². The van der Waals surface area contributed by atoms with Gasteiger partial charge in [-0.2, -0.15) is 0 Å². The van der Waals surface area contributed by atoms with Crippen LogP contribution in [0.4, 0.5) is 0 Å². The first-order valence-corrected chi connectivity index (χ1v) is 6.78. The molecule has 1 aliphatic heterocycles. The van der Waals surface area contributed by atoms with Crippen molar-refractivity contribution in [3.05, 3.63) is 41.7 Å². The molecule has 1 aromatic heterocycles. The summed E-state index contributed by atoms with van der Waals surface area (Å²) >= 11 is 0. The average Bonchev–Trinajstić information content (AvgIpc) is 2.97. The van der Waals surface area contributed by atoms with Crippen molar-refractivity contribution in [3.8, 4) is 11.3 Å². The van der Waals surface area contributed by atoms with Gasteiger partial charge in [0, 0.05) is 37.8 Å². The lowest BCUT2D eigenvalue weighted by Crippen LogP contribution is -2.46. The highest BCUT2D eigenvalue weighted by molar-refractivity contribution is 5.92. The van der Waals surface area contributed by atoms with Crippen molar-refractivity contribution in [3.63, 3.8) is 0 Å². The second kappa shape index (κ2) is 5.46. The minimum atomic E-state index is -0.0853. The Bertz CT molecular complexity index is 615. The lowest BCUT2D eigenvalue weighted by atomic mass is 10.1. The van der Waals surface area contributed by atoms with E-state index in [9.17, 15) is 4.79 Å². The van der Waals surface area contributed by atoms with Gasteiger partial charge in [-0.1, -0.05) is 28.9 Å². The number of aromatic nitrogens is 1. The Morgan fingerprint density at radius 2 is 2.10 bits per heavy atom. The molecule has 1 N–H and O–H groups in total. The van der Waals surface area contributed by atoms with Gasteiger partial charge in [0.1, 0.15) is 5.69 Å². The van der Waals surface area contributed by atoms with Gasteiger partial charge in [-0.15, -0.1) is 0 Å². The van der Waals surface area contributed by atoms with Crippen molar-refractivity contribution in [2.75, 3.05) is 26.2 Å². The topological polar surface area (TPSA) is 58.4 Å². The van der Waals surface area contributed by atoms with Crippen LogP contribution in [0, 0.1) is 6.92 Å². The molecule has 0 radical (unpaired) electrons. The van der Waals surface area contributed by atoms with Crippen molar-refractivity contribution in [1.29, 1.82) is 0 Å². The van der Waals surface area contributed by atoms with Gasteiger partial charge in [0.2, 0.25) is 5.76 Å². The SMILES string of the molecule is Cc1cccc(-c2cc(C(=O)N3CCNCC3)on2)c1. The summed E-state index contributed by atoms with van der Waals surface area (Å²) in [5.41, 5.74) is 2.82. The number of nitrogens with one attached hydrogen (secondary N) is 1. The van der Waals surface area contributed by atoms with E-state index < -0.39 is 0 Å². The van der Waals surface area contributed by atoms with Crippen LogP contribution < -0.4 is 5.32 Å². The number of amides is 1. The molecule has 5 nitrogen and oxygen atoms in total. The molecule has 1 saturated heterocycles. The van der Waals surface area contributed by atoms with E-state index in [2.05, 4.69) is 10.5 Å². The summed E-state index contributed by atoms with van der Waals surface area (Å²) < 4.78 is 5.21. The third-order valence-electron chi connectivity index (χ3n) is 3.44. The maximum Gasteiger partial charge on any atom is 0.292 e. The molecule has 0 bridgehead atoms. The minimum Gasteiger partial charge on any atom is -0.350 e. The Hall–Kier alpha value is -2.14. The maximum absolute atomic E-state index is 12.3. The molecule has 0 saturated carbocycles. The molecule has 1 aliphatic rings. The first kappa shape index (κ1) is 12.9. The van der Waals surface area contributed by atoms with Crippen LogP contribution in [0.1, 0.15) is 16.1 Å². The van der Waals surface area contributed by atoms with E-state index >= 15 is 0 Å². The number of benzene rings is 1. The van der Waals surface area contributed by atoms with Crippen molar-refractivity contribution in [2.24, 2.45) is 0 Å². The van der Waals surface area contributed by atoms with E-state index in [0.29, 0.717) is 24.5 Å². The van der Waals surface area contributed by atoms with Crippen LogP contribution in [-0.4, -0.2) is 42.1 Å². The Kier molecular flexibility index (Phi) is 3.52. The van der Waals surface area contributed by atoms with Crippen molar-refractivity contribution < 1.29 is 9.32 Å². The maximum atomic E-state index is 12.3. The third kappa shape index (κ3) is 2.58. The van der Waals surface area contributed by atoms with Crippen LogP contribution >= 0.6 is 0 Å². The van der Waals surface area contributed by atoms with Gasteiger partial charge in [-0.05, 0) is 13.0 Å². The molecule has 0 unspecified atom stereocenters. The summed E-state index contributed by atoms with van der Waals surface area (Å²) in [5.74, 6) is 0.223. The first-order chi connectivity index (χ1) is 9.74. The number of carbonyl (C=O) groups excluding carboxylic acids is 1. The molecule has 1 aromatic carbocycles. The largest absolute Gasteiger partial charge is 0.350 e. The van der Waals surface area contributed by atoms with Crippen molar-refractivity contribution in [1.82, 2.24) is 15.4 Å². The summed E-state index contributed by atoms with van der Waals surface area (Å²) in [5, 5.41) is 7.22. The smallest absolute Gasteiger partial charge is 0.292 e. The van der Waals surface area contributed by atoms with Gasteiger partial charge in [0.15, 0.2) is 0 Å². The molecule has 1 fully saturated rings. The van der Waals surface area contributed by atoms with E-state index in [0.717, 1.165) is 24.2 Å². The zero-order chi connectivity index (χ0) is 13.9. The molecule has 0 atom stereocenters. The minimum absolute atomic E-state index is 0.0853. The normalized spacial score (nSPS) is 15.3. The Labute approximate surface area is 117 Å². The highest BCUT2D eigenvalue weighted by atomic mass is 16.5. The second-order valence-corrected chi connectivity index (χ2v) is 4.99. The molecular weight excluding hydrogens is 254 g/mol. The summed E-state index contributed by atoms with van der Waals surface area (Å²) in [6.07, 6.45) is 0. The number of carbonyl (C=O) groups is 1. The monoisotopic (exact) mass is 271 g/mol. The zero-order valence-corrected chi connectivity index (χ0v) is 11.4. The second-order valence-electron chi connectivity index (χ2n) is 4.99. The third-order valence-corrected chi connectivity index (χ3v) is 3.44. The molecule has 0 aliphatic carbocycles. The molecule has 0 spiro atoms. The van der Waals surface area contributed by atoms with E-state index in [1.807, 2.05) is 31.2 Å². The Balaban J connectivity index is 1.81. The average molecular weight is 271 g/mol. The van der Waals surface area contributed by atoms with E-state index in [4.69, 9.17) is 4.52 Å². The molecule has 2 aromatic rings.